The summed E-state index contributed by atoms with van der Waals surface area (Å²) in [7, 11) is 0. The summed E-state index contributed by atoms with van der Waals surface area (Å²) in [5, 5.41) is 0.545. The Morgan fingerprint density at radius 3 is 2.26 bits per heavy atom. The third kappa shape index (κ3) is 3.73. The minimum Gasteiger partial charge on any atom is -0.426 e. The molecule has 3 aromatic rings. The number of halogens is 2. The molecule has 2 aliphatic rings. The van der Waals surface area contributed by atoms with Crippen LogP contribution in [0.1, 0.15) is 27.1 Å². The van der Waals surface area contributed by atoms with Crippen LogP contribution in [0.3, 0.4) is 0 Å². The number of fused-ring (bicyclic) bond motifs is 1. The van der Waals surface area contributed by atoms with Crippen molar-refractivity contribution in [2.45, 2.75) is 6.42 Å². The first kappa shape index (κ1) is 22.1. The number of amides is 3. The molecule has 0 aliphatic carbocycles. The lowest BCUT2D eigenvalue weighted by Gasteiger charge is -2.18. The molecule has 1 fully saturated rings. The molecule has 7 nitrogen and oxygen atoms in total. The predicted octanol–water partition coefficient (Wildman–Crippen LogP) is 4.75. The topological polar surface area (TPSA) is 84.0 Å². The number of hydrogen-bond donors (Lipinski definition) is 0. The molecule has 1 atom stereocenters. The van der Waals surface area contributed by atoms with E-state index in [9.17, 15) is 19.2 Å². The van der Waals surface area contributed by atoms with E-state index >= 15 is 0 Å². The summed E-state index contributed by atoms with van der Waals surface area (Å²) in [6.07, 6.45) is -0.0419. The maximum Gasteiger partial charge on any atom is 0.316 e. The number of esters is 1. The Balaban J connectivity index is 1.32. The Kier molecular flexibility index (Phi) is 5.59. The Morgan fingerprint density at radius 1 is 0.882 bits per heavy atom. The molecule has 9 heteroatoms. The van der Waals surface area contributed by atoms with Gasteiger partial charge in [0, 0.05) is 19.0 Å². The number of ether oxygens (including phenoxy) is 1. The summed E-state index contributed by atoms with van der Waals surface area (Å²) in [4.78, 5) is 53.3. The Labute approximate surface area is 204 Å². The third-order valence-electron chi connectivity index (χ3n) is 5.77. The fourth-order valence-electron chi connectivity index (χ4n) is 4.11. The predicted molar refractivity (Wildman–Crippen MR) is 127 cm³/mol. The van der Waals surface area contributed by atoms with E-state index in [1.54, 1.807) is 60.7 Å². The van der Waals surface area contributed by atoms with E-state index in [-0.39, 0.29) is 35.3 Å². The van der Waals surface area contributed by atoms with Crippen molar-refractivity contribution >= 4 is 58.3 Å². The largest absolute Gasteiger partial charge is 0.426 e. The van der Waals surface area contributed by atoms with E-state index in [0.29, 0.717) is 21.8 Å². The Hall–Kier alpha value is -3.68. The fourth-order valence-corrected chi connectivity index (χ4v) is 4.51. The first-order chi connectivity index (χ1) is 16.3. The lowest BCUT2D eigenvalue weighted by molar-refractivity contribution is -0.139. The van der Waals surface area contributed by atoms with Gasteiger partial charge in [-0.05, 0) is 36.4 Å². The minimum absolute atomic E-state index is 0.0419. The van der Waals surface area contributed by atoms with Crippen molar-refractivity contribution in [3.63, 3.8) is 0 Å². The highest BCUT2D eigenvalue weighted by atomic mass is 35.5. The van der Waals surface area contributed by atoms with Gasteiger partial charge < -0.3 is 9.64 Å². The van der Waals surface area contributed by atoms with Crippen molar-refractivity contribution in [2.24, 2.45) is 5.92 Å². The molecule has 0 radical (unpaired) electrons. The van der Waals surface area contributed by atoms with E-state index in [0.717, 1.165) is 4.90 Å². The average molecular weight is 495 g/mol. The molecule has 1 saturated heterocycles. The monoisotopic (exact) mass is 494 g/mol. The molecule has 0 spiro atoms. The van der Waals surface area contributed by atoms with Gasteiger partial charge in [-0.15, -0.1) is 0 Å². The average Bonchev–Trinajstić information content (AvgIpc) is 3.33. The van der Waals surface area contributed by atoms with Gasteiger partial charge in [-0.3, -0.25) is 19.2 Å². The van der Waals surface area contributed by atoms with Gasteiger partial charge in [-0.2, -0.15) is 0 Å². The van der Waals surface area contributed by atoms with Crippen molar-refractivity contribution in [2.75, 3.05) is 16.3 Å². The van der Waals surface area contributed by atoms with Gasteiger partial charge in [-0.1, -0.05) is 47.5 Å². The molecule has 0 aromatic heterocycles. The van der Waals surface area contributed by atoms with Crippen LogP contribution in [0.5, 0.6) is 5.75 Å². The summed E-state index contributed by atoms with van der Waals surface area (Å²) in [5.74, 6) is -2.32. The number of carbonyl (C=O) groups is 4. The van der Waals surface area contributed by atoms with E-state index < -0.39 is 23.7 Å². The third-order valence-corrected chi connectivity index (χ3v) is 6.58. The molecule has 0 unspecified atom stereocenters. The van der Waals surface area contributed by atoms with Crippen LogP contribution in [-0.4, -0.2) is 30.2 Å². The number of nitrogens with zero attached hydrogens (tertiary/aromatic N) is 2. The highest BCUT2D eigenvalue weighted by molar-refractivity contribution is 6.44. The van der Waals surface area contributed by atoms with E-state index in [4.69, 9.17) is 27.9 Å². The Morgan fingerprint density at radius 2 is 1.56 bits per heavy atom. The normalized spacial score (nSPS) is 17.4. The van der Waals surface area contributed by atoms with Crippen molar-refractivity contribution in [1.29, 1.82) is 0 Å². The summed E-state index contributed by atoms with van der Waals surface area (Å²) < 4.78 is 5.51. The molecule has 3 amide bonds. The van der Waals surface area contributed by atoms with Crippen LogP contribution in [0.25, 0.3) is 0 Å². The van der Waals surface area contributed by atoms with Gasteiger partial charge in [0.1, 0.15) is 5.75 Å². The summed E-state index contributed by atoms with van der Waals surface area (Å²) in [6.45, 7) is 0.0931. The number of hydrogen-bond acceptors (Lipinski definition) is 5. The van der Waals surface area contributed by atoms with Crippen LogP contribution < -0.4 is 14.5 Å². The zero-order chi connectivity index (χ0) is 24.0. The first-order valence-electron chi connectivity index (χ1n) is 10.4. The molecule has 5 rings (SSSR count). The van der Waals surface area contributed by atoms with Gasteiger partial charge in [0.25, 0.3) is 11.8 Å². The maximum absolute atomic E-state index is 12.8. The summed E-state index contributed by atoms with van der Waals surface area (Å²) in [6, 6.07) is 17.7. The van der Waals surface area contributed by atoms with Gasteiger partial charge in [0.15, 0.2) is 0 Å². The molecule has 0 N–H and O–H groups in total. The molecule has 2 aliphatic heterocycles. The minimum atomic E-state index is -0.717. The molecular formula is C25H16Cl2N2O5. The number of anilines is 2. The van der Waals surface area contributed by atoms with Crippen molar-refractivity contribution in [3.8, 4) is 5.75 Å². The number of imide groups is 1. The molecule has 2 heterocycles. The van der Waals surface area contributed by atoms with Crippen LogP contribution in [0, 0.1) is 5.92 Å². The molecule has 34 heavy (non-hydrogen) atoms. The molecule has 0 bridgehead atoms. The summed E-state index contributed by atoms with van der Waals surface area (Å²) >= 11 is 12.3. The van der Waals surface area contributed by atoms with E-state index in [2.05, 4.69) is 0 Å². The van der Waals surface area contributed by atoms with Crippen LogP contribution in [0.2, 0.25) is 10.0 Å². The van der Waals surface area contributed by atoms with E-state index in [1.165, 1.54) is 11.0 Å². The van der Waals surface area contributed by atoms with Crippen LogP contribution >= 0.6 is 23.2 Å². The second-order valence-electron chi connectivity index (χ2n) is 7.89. The smallest absolute Gasteiger partial charge is 0.316 e. The van der Waals surface area contributed by atoms with Crippen molar-refractivity contribution in [3.05, 3.63) is 87.9 Å². The fraction of sp³-hybridized carbons (Fsp3) is 0.120. The maximum atomic E-state index is 12.8. The lowest BCUT2D eigenvalue weighted by atomic mass is 10.1. The molecule has 0 saturated carbocycles. The molecule has 170 valence electrons. The molecule has 3 aromatic carbocycles. The van der Waals surface area contributed by atoms with Crippen molar-refractivity contribution < 1.29 is 23.9 Å². The van der Waals surface area contributed by atoms with Crippen molar-refractivity contribution in [1.82, 2.24) is 0 Å². The van der Waals surface area contributed by atoms with E-state index in [1.807, 2.05) is 0 Å². The molecular weight excluding hydrogens is 479 g/mol. The second-order valence-corrected chi connectivity index (χ2v) is 8.67. The van der Waals surface area contributed by atoms with Gasteiger partial charge in [0.05, 0.1) is 38.5 Å². The van der Waals surface area contributed by atoms with Gasteiger partial charge >= 0.3 is 5.97 Å². The highest BCUT2D eigenvalue weighted by Gasteiger charge is 2.38. The zero-order valence-electron chi connectivity index (χ0n) is 17.5. The SMILES string of the molecule is O=C(Oc1cccc(N2C(=O)c3ccccc3C2=O)c1)[C@H]1CC(=O)N(c2cccc(Cl)c2Cl)C1. The first-order valence-corrected chi connectivity index (χ1v) is 11.1. The number of rotatable bonds is 4. The standard InChI is InChI=1S/C25H16Cl2N2O5/c26-19-9-4-10-20(22(19)27)28-13-14(11-21(28)30)25(33)34-16-6-3-5-15(12-16)29-23(31)17-7-1-2-8-18(17)24(29)32/h1-10,12,14H,11,13H2/t14-/m0/s1. The van der Waals surface area contributed by atoms with Crippen LogP contribution in [0.4, 0.5) is 11.4 Å². The van der Waals surface area contributed by atoms with Gasteiger partial charge in [0.2, 0.25) is 5.91 Å². The lowest BCUT2D eigenvalue weighted by Crippen LogP contribution is -2.29. The number of benzene rings is 3. The quantitative estimate of drug-likeness (QED) is 0.296. The summed E-state index contributed by atoms with van der Waals surface area (Å²) in [5.41, 5.74) is 1.35. The zero-order valence-corrected chi connectivity index (χ0v) is 19.0. The number of carbonyl (C=O) groups excluding carboxylic acids is 4. The van der Waals surface area contributed by atoms with Crippen LogP contribution in [0.15, 0.2) is 66.7 Å². The highest BCUT2D eigenvalue weighted by Crippen LogP contribution is 2.36. The second kappa shape index (κ2) is 8.59. The Bertz CT molecular complexity index is 1340. The van der Waals surface area contributed by atoms with Crippen LogP contribution in [-0.2, 0) is 9.59 Å². The van der Waals surface area contributed by atoms with Gasteiger partial charge in [-0.25, -0.2) is 4.90 Å².